The summed E-state index contributed by atoms with van der Waals surface area (Å²) in [4.78, 5) is 16.0. The normalized spacial score (nSPS) is 27.0. The van der Waals surface area contributed by atoms with E-state index in [2.05, 4.69) is 0 Å². The Hall–Kier alpha value is -0.910. The van der Waals surface area contributed by atoms with E-state index in [1.165, 1.54) is 0 Å². The van der Waals surface area contributed by atoms with E-state index in [4.69, 9.17) is 4.74 Å². The zero-order valence-electron chi connectivity index (χ0n) is 14.2. The molecule has 2 aliphatic rings. The number of aliphatic hydroxyl groups excluding tert-OH is 1. The van der Waals surface area contributed by atoms with Crippen LogP contribution in [0, 0.1) is 5.41 Å². The van der Waals surface area contributed by atoms with Crippen LogP contribution in [0.15, 0.2) is 17.5 Å². The first kappa shape index (κ1) is 16.9. The van der Waals surface area contributed by atoms with Crippen LogP contribution in [0.1, 0.15) is 44.9 Å². The highest BCUT2D eigenvalue weighted by atomic mass is 32.1. The largest absolute Gasteiger partial charge is 0.392 e. The lowest BCUT2D eigenvalue weighted by Gasteiger charge is -2.57. The number of nitrogens with zero attached hydrogens (tertiary/aromatic N) is 1. The second kappa shape index (κ2) is 6.19. The van der Waals surface area contributed by atoms with E-state index in [9.17, 15) is 9.90 Å². The molecule has 1 amide bonds. The number of amides is 1. The SMILES string of the molecule is CCOC1CC(O)C12CCN(C(=O)C(C)(C)c1cccs1)CC2. The number of carbonyl (C=O) groups is 1. The van der Waals surface area contributed by atoms with Crippen LogP contribution >= 0.6 is 11.3 Å². The van der Waals surface area contributed by atoms with Crippen molar-refractivity contribution in [3.63, 3.8) is 0 Å². The monoisotopic (exact) mass is 337 g/mol. The quantitative estimate of drug-likeness (QED) is 0.919. The zero-order chi connectivity index (χ0) is 16.7. The highest BCUT2D eigenvalue weighted by Gasteiger charge is 2.56. The third kappa shape index (κ3) is 2.73. The number of rotatable bonds is 4. The Morgan fingerprint density at radius 2 is 2.17 bits per heavy atom. The summed E-state index contributed by atoms with van der Waals surface area (Å²) in [7, 11) is 0. The molecule has 1 saturated heterocycles. The molecular weight excluding hydrogens is 310 g/mol. The number of thiophene rings is 1. The van der Waals surface area contributed by atoms with Crippen molar-refractivity contribution in [3.05, 3.63) is 22.4 Å². The summed E-state index contributed by atoms with van der Waals surface area (Å²) in [5.41, 5.74) is -0.601. The van der Waals surface area contributed by atoms with E-state index in [-0.39, 0.29) is 23.5 Å². The van der Waals surface area contributed by atoms with Gasteiger partial charge in [0, 0.05) is 36.4 Å². The smallest absolute Gasteiger partial charge is 0.233 e. The first-order valence-electron chi connectivity index (χ1n) is 8.55. The van der Waals surface area contributed by atoms with Gasteiger partial charge < -0.3 is 14.7 Å². The van der Waals surface area contributed by atoms with Crippen molar-refractivity contribution in [3.8, 4) is 0 Å². The molecule has 2 fully saturated rings. The minimum absolute atomic E-state index is 0.125. The van der Waals surface area contributed by atoms with Gasteiger partial charge in [0.1, 0.15) is 0 Å². The molecule has 1 aliphatic carbocycles. The first-order chi connectivity index (χ1) is 10.9. The number of piperidine rings is 1. The van der Waals surface area contributed by atoms with Gasteiger partial charge in [-0.1, -0.05) is 6.07 Å². The molecule has 1 spiro atoms. The van der Waals surface area contributed by atoms with Crippen molar-refractivity contribution >= 4 is 17.2 Å². The molecule has 4 nitrogen and oxygen atoms in total. The fraction of sp³-hybridized carbons (Fsp3) is 0.722. The van der Waals surface area contributed by atoms with Crippen molar-refractivity contribution < 1.29 is 14.6 Å². The molecule has 128 valence electrons. The third-order valence-corrected chi connectivity index (χ3v) is 6.96. The first-order valence-corrected chi connectivity index (χ1v) is 9.43. The molecule has 2 unspecified atom stereocenters. The van der Waals surface area contributed by atoms with Crippen molar-refractivity contribution in [1.29, 1.82) is 0 Å². The second-order valence-electron chi connectivity index (χ2n) is 7.32. The lowest BCUT2D eigenvalue weighted by Crippen LogP contribution is -2.63. The molecule has 2 atom stereocenters. The summed E-state index contributed by atoms with van der Waals surface area (Å²) in [6.45, 7) is 8.13. The van der Waals surface area contributed by atoms with Crippen molar-refractivity contribution in [2.45, 2.75) is 57.7 Å². The summed E-state index contributed by atoms with van der Waals surface area (Å²) < 4.78 is 5.80. The molecule has 1 aliphatic heterocycles. The Bertz CT molecular complexity index is 545. The maximum absolute atomic E-state index is 13.0. The van der Waals surface area contributed by atoms with Crippen LogP contribution in [0.25, 0.3) is 0 Å². The molecule has 1 saturated carbocycles. The summed E-state index contributed by atoms with van der Waals surface area (Å²) in [5.74, 6) is 0.191. The van der Waals surface area contributed by atoms with E-state index in [0.717, 1.165) is 24.1 Å². The van der Waals surface area contributed by atoms with Gasteiger partial charge in [-0.05, 0) is 45.1 Å². The van der Waals surface area contributed by atoms with E-state index in [0.29, 0.717) is 19.7 Å². The average Bonchev–Trinajstić information content (AvgIpc) is 3.09. The van der Waals surface area contributed by atoms with Gasteiger partial charge in [0.15, 0.2) is 0 Å². The molecule has 1 aromatic heterocycles. The molecule has 5 heteroatoms. The minimum atomic E-state index is -0.476. The molecule has 0 bridgehead atoms. The standard InChI is InChI=1S/C18H27NO3S/c1-4-22-14-12-13(20)18(14)7-9-19(10-8-18)16(21)17(2,3)15-6-5-11-23-15/h5-6,11,13-14,20H,4,7-10,12H2,1-3H3. The van der Waals surface area contributed by atoms with Gasteiger partial charge in [-0.3, -0.25) is 4.79 Å². The topological polar surface area (TPSA) is 49.8 Å². The molecular formula is C18H27NO3S. The number of aliphatic hydroxyl groups is 1. The fourth-order valence-electron chi connectivity index (χ4n) is 4.08. The van der Waals surface area contributed by atoms with Crippen LogP contribution in [0.4, 0.5) is 0 Å². The predicted molar refractivity (Wildman–Crippen MR) is 91.6 cm³/mol. The van der Waals surface area contributed by atoms with E-state index < -0.39 is 5.41 Å². The van der Waals surface area contributed by atoms with Gasteiger partial charge in [-0.25, -0.2) is 0 Å². The molecule has 0 radical (unpaired) electrons. The summed E-state index contributed by atoms with van der Waals surface area (Å²) >= 11 is 1.64. The molecule has 2 heterocycles. The second-order valence-corrected chi connectivity index (χ2v) is 8.27. The van der Waals surface area contributed by atoms with Gasteiger partial charge >= 0.3 is 0 Å². The highest BCUT2D eigenvalue weighted by Crippen LogP contribution is 2.51. The molecule has 1 N–H and O–H groups in total. The van der Waals surface area contributed by atoms with Crippen LogP contribution in [0.3, 0.4) is 0 Å². The Labute approximate surface area is 142 Å². The van der Waals surface area contributed by atoms with Crippen LogP contribution in [-0.2, 0) is 14.9 Å². The Morgan fingerprint density at radius 1 is 1.48 bits per heavy atom. The van der Waals surface area contributed by atoms with Crippen LogP contribution < -0.4 is 0 Å². The summed E-state index contributed by atoms with van der Waals surface area (Å²) in [5, 5.41) is 12.3. The van der Waals surface area contributed by atoms with Gasteiger partial charge in [0.05, 0.1) is 17.6 Å². The lowest BCUT2D eigenvalue weighted by atomic mass is 9.58. The van der Waals surface area contributed by atoms with E-state index in [1.807, 2.05) is 43.2 Å². The number of likely N-dealkylation sites (tertiary alicyclic amines) is 1. The summed E-state index contributed by atoms with van der Waals surface area (Å²) in [6, 6.07) is 4.03. The predicted octanol–water partition coefficient (Wildman–Crippen LogP) is 2.80. The van der Waals surface area contributed by atoms with Gasteiger partial charge in [-0.2, -0.15) is 0 Å². The number of hydrogen-bond acceptors (Lipinski definition) is 4. The van der Waals surface area contributed by atoms with Crippen molar-refractivity contribution in [2.24, 2.45) is 5.41 Å². The van der Waals surface area contributed by atoms with Crippen LogP contribution in [0.5, 0.6) is 0 Å². The van der Waals surface area contributed by atoms with Crippen molar-refractivity contribution in [1.82, 2.24) is 4.90 Å². The Balaban J connectivity index is 1.66. The van der Waals surface area contributed by atoms with Crippen molar-refractivity contribution in [2.75, 3.05) is 19.7 Å². The van der Waals surface area contributed by atoms with Gasteiger partial charge in [-0.15, -0.1) is 11.3 Å². The molecule has 0 aromatic carbocycles. The minimum Gasteiger partial charge on any atom is -0.392 e. The Kier molecular flexibility index (Phi) is 4.55. The third-order valence-electron chi connectivity index (χ3n) is 5.76. The lowest BCUT2D eigenvalue weighted by molar-refractivity contribution is -0.210. The molecule has 1 aromatic rings. The van der Waals surface area contributed by atoms with Gasteiger partial charge in [0.2, 0.25) is 5.91 Å². The summed E-state index contributed by atoms with van der Waals surface area (Å²) in [6.07, 6.45) is 2.30. The Morgan fingerprint density at radius 3 is 2.70 bits per heavy atom. The molecule has 23 heavy (non-hydrogen) atoms. The highest BCUT2D eigenvalue weighted by molar-refractivity contribution is 7.10. The number of ether oxygens (including phenoxy) is 1. The van der Waals surface area contributed by atoms with Crippen LogP contribution in [0.2, 0.25) is 0 Å². The van der Waals surface area contributed by atoms with Crippen LogP contribution in [-0.4, -0.2) is 47.8 Å². The van der Waals surface area contributed by atoms with E-state index >= 15 is 0 Å². The number of carbonyl (C=O) groups excluding carboxylic acids is 1. The van der Waals surface area contributed by atoms with E-state index in [1.54, 1.807) is 11.3 Å². The maximum atomic E-state index is 13.0. The van der Waals surface area contributed by atoms with Gasteiger partial charge in [0.25, 0.3) is 0 Å². The maximum Gasteiger partial charge on any atom is 0.233 e. The molecule has 3 rings (SSSR count). The fourth-order valence-corrected chi connectivity index (χ4v) is 4.92. The zero-order valence-corrected chi connectivity index (χ0v) is 15.1. The number of hydrogen-bond donors (Lipinski definition) is 1. The average molecular weight is 337 g/mol.